The molecule has 0 spiro atoms. The van der Waals surface area contributed by atoms with Crippen LogP contribution in [-0.2, 0) is 11.2 Å². The number of nitrogens with one attached hydrogen (secondary N) is 1. The van der Waals surface area contributed by atoms with Crippen LogP contribution in [0.15, 0.2) is 84.9 Å². The van der Waals surface area contributed by atoms with E-state index in [0.29, 0.717) is 0 Å². The van der Waals surface area contributed by atoms with Crippen molar-refractivity contribution in [1.82, 2.24) is 14.8 Å². The van der Waals surface area contributed by atoms with Crippen molar-refractivity contribution in [3.63, 3.8) is 0 Å². The fourth-order valence-corrected chi connectivity index (χ4v) is 5.50. The summed E-state index contributed by atoms with van der Waals surface area (Å²) in [5, 5.41) is 14.1. The number of aromatic nitrogens is 1. The number of phenols is 1. The van der Waals surface area contributed by atoms with Gasteiger partial charge in [-0.1, -0.05) is 25.6 Å². The first-order valence-corrected chi connectivity index (χ1v) is 14.2. The first kappa shape index (κ1) is 28.2. The smallest absolute Gasteiger partial charge is 0.228 e. The van der Waals surface area contributed by atoms with Gasteiger partial charge < -0.3 is 20.2 Å². The van der Waals surface area contributed by atoms with E-state index in [-0.39, 0.29) is 11.7 Å². The van der Waals surface area contributed by atoms with Crippen LogP contribution in [0.25, 0.3) is 16.6 Å². The molecule has 1 amide bonds. The Labute approximate surface area is 242 Å². The van der Waals surface area contributed by atoms with E-state index in [2.05, 4.69) is 66.0 Å². The molecule has 7 nitrogen and oxygen atoms in total. The molecule has 0 bridgehead atoms. The third kappa shape index (κ3) is 6.05. The minimum Gasteiger partial charge on any atom is -0.508 e. The Kier molecular flexibility index (Phi) is 8.26. The Morgan fingerprint density at radius 2 is 1.90 bits per heavy atom. The molecule has 2 heterocycles. The van der Waals surface area contributed by atoms with Crippen molar-refractivity contribution in [3.05, 3.63) is 102 Å². The number of likely N-dealkylation sites (N-methyl/N-ethyl adjacent to an activating group) is 1. The number of hydrogen-bond donors (Lipinski definition) is 2. The lowest BCUT2D eigenvalue weighted by Gasteiger charge is -2.35. The van der Waals surface area contributed by atoms with Crippen molar-refractivity contribution in [1.29, 1.82) is 0 Å². The molecular weight excluding hydrogens is 510 g/mol. The third-order valence-electron chi connectivity index (χ3n) is 7.91. The molecule has 7 heteroatoms. The maximum atomic E-state index is 13.4. The number of carbonyl (C=O) groups is 1. The molecule has 2 aliphatic rings. The number of hydrogen-bond acceptors (Lipinski definition) is 6. The van der Waals surface area contributed by atoms with Crippen molar-refractivity contribution in [2.24, 2.45) is 0 Å². The largest absolute Gasteiger partial charge is 0.508 e. The summed E-state index contributed by atoms with van der Waals surface area (Å²) in [5.41, 5.74) is 8.18. The molecule has 1 aliphatic carbocycles. The number of phenolic OH excluding ortho intramolecular Hbond substituents is 1. The van der Waals surface area contributed by atoms with Crippen molar-refractivity contribution in [3.8, 4) is 5.75 Å². The van der Waals surface area contributed by atoms with Gasteiger partial charge in [0.2, 0.25) is 5.91 Å². The van der Waals surface area contributed by atoms with Crippen molar-refractivity contribution < 1.29 is 9.90 Å². The SMILES string of the molecule is C=C(Nc1ccc(O)cc1C)c1ccc2ncc(CC)c(N(C(C)=O)C3=CC=C(N4CCN(C)CC4)CC=C3)c2c1. The van der Waals surface area contributed by atoms with Gasteiger partial charge >= 0.3 is 0 Å². The Hall–Kier alpha value is -4.36. The van der Waals surface area contributed by atoms with E-state index in [9.17, 15) is 9.90 Å². The highest BCUT2D eigenvalue weighted by molar-refractivity contribution is 6.06. The lowest BCUT2D eigenvalue weighted by atomic mass is 10.0. The van der Waals surface area contributed by atoms with Gasteiger partial charge in [0.15, 0.2) is 0 Å². The van der Waals surface area contributed by atoms with Crippen LogP contribution in [0, 0.1) is 6.92 Å². The highest BCUT2D eigenvalue weighted by Crippen LogP contribution is 2.36. The average molecular weight is 550 g/mol. The maximum Gasteiger partial charge on any atom is 0.228 e. The summed E-state index contributed by atoms with van der Waals surface area (Å²) in [6.45, 7) is 14.1. The molecule has 3 aromatic rings. The fraction of sp³-hybridized carbons (Fsp3) is 0.294. The molecule has 0 atom stereocenters. The summed E-state index contributed by atoms with van der Waals surface area (Å²) in [7, 11) is 2.16. The van der Waals surface area contributed by atoms with E-state index in [1.165, 1.54) is 5.70 Å². The lowest BCUT2D eigenvalue weighted by Crippen LogP contribution is -2.43. The Morgan fingerprint density at radius 3 is 2.61 bits per heavy atom. The first-order valence-electron chi connectivity index (χ1n) is 14.2. The molecule has 0 saturated carbocycles. The van der Waals surface area contributed by atoms with Gasteiger partial charge in [0.1, 0.15) is 5.75 Å². The van der Waals surface area contributed by atoms with Crippen LogP contribution < -0.4 is 10.2 Å². The zero-order chi connectivity index (χ0) is 29.1. The van der Waals surface area contributed by atoms with Gasteiger partial charge in [-0.15, -0.1) is 0 Å². The van der Waals surface area contributed by atoms with E-state index >= 15 is 0 Å². The first-order chi connectivity index (χ1) is 19.7. The van der Waals surface area contributed by atoms with E-state index in [4.69, 9.17) is 4.98 Å². The van der Waals surface area contributed by atoms with Crippen LogP contribution in [0.3, 0.4) is 0 Å². The molecule has 2 aromatic carbocycles. The number of fused-ring (bicyclic) bond motifs is 1. The number of rotatable bonds is 7. The fourth-order valence-electron chi connectivity index (χ4n) is 5.50. The zero-order valence-corrected chi connectivity index (χ0v) is 24.4. The van der Waals surface area contributed by atoms with Crippen LogP contribution in [-0.4, -0.2) is 59.0 Å². The van der Waals surface area contributed by atoms with Gasteiger partial charge in [-0.3, -0.25) is 14.7 Å². The number of aryl methyl sites for hydroxylation is 2. The van der Waals surface area contributed by atoms with Gasteiger partial charge in [0, 0.05) is 73.9 Å². The van der Waals surface area contributed by atoms with Crippen LogP contribution in [0.4, 0.5) is 11.4 Å². The minimum absolute atomic E-state index is 0.0541. The topological polar surface area (TPSA) is 71.9 Å². The third-order valence-corrected chi connectivity index (χ3v) is 7.91. The van der Waals surface area contributed by atoms with Gasteiger partial charge in [-0.25, -0.2) is 0 Å². The summed E-state index contributed by atoms with van der Waals surface area (Å²) in [6.07, 6.45) is 11.9. The highest BCUT2D eigenvalue weighted by atomic mass is 16.3. The summed E-state index contributed by atoms with van der Waals surface area (Å²) in [6, 6.07) is 11.2. The number of piperazine rings is 1. The highest BCUT2D eigenvalue weighted by Gasteiger charge is 2.23. The molecule has 0 unspecified atom stereocenters. The predicted molar refractivity (Wildman–Crippen MR) is 169 cm³/mol. The van der Waals surface area contributed by atoms with Crippen molar-refractivity contribution in [2.45, 2.75) is 33.6 Å². The van der Waals surface area contributed by atoms with Crippen molar-refractivity contribution in [2.75, 3.05) is 43.4 Å². The number of aromatic hydroxyl groups is 1. The monoisotopic (exact) mass is 549 g/mol. The standard InChI is InChI=1S/C34H39N5O2/c1-6-26-22-35-33-14-10-27(24(3)36-32-15-13-30(41)20-23(32)2)21-31(33)34(26)39(25(4)40)29-9-7-8-28(11-12-29)38-18-16-37(5)17-19-38/h7,9-15,20-22,36,41H,3,6,8,16-19H2,1-2,4-5H3. The molecule has 41 heavy (non-hydrogen) atoms. The number of carbonyl (C=O) groups excluding carboxylic acids is 1. The van der Waals surface area contributed by atoms with Gasteiger partial charge in [-0.2, -0.15) is 0 Å². The second-order valence-corrected chi connectivity index (χ2v) is 10.8. The lowest BCUT2D eigenvalue weighted by molar-refractivity contribution is -0.116. The molecule has 1 fully saturated rings. The number of pyridine rings is 1. The van der Waals surface area contributed by atoms with Crippen LogP contribution in [0.5, 0.6) is 5.75 Å². The molecule has 1 aromatic heterocycles. The maximum absolute atomic E-state index is 13.4. The Bertz CT molecular complexity index is 1580. The molecule has 2 N–H and O–H groups in total. The van der Waals surface area contributed by atoms with E-state index in [1.54, 1.807) is 19.1 Å². The molecule has 1 aliphatic heterocycles. The number of allylic oxidation sites excluding steroid dienone is 4. The number of anilines is 2. The number of nitrogens with zero attached hydrogens (tertiary/aromatic N) is 4. The summed E-state index contributed by atoms with van der Waals surface area (Å²) in [5.74, 6) is 0.172. The quantitative estimate of drug-likeness (QED) is 0.341. The molecule has 212 valence electrons. The molecule has 5 rings (SSSR count). The van der Waals surface area contributed by atoms with E-state index < -0.39 is 0 Å². The Morgan fingerprint density at radius 1 is 1.12 bits per heavy atom. The van der Waals surface area contributed by atoms with Crippen LogP contribution >= 0.6 is 0 Å². The van der Waals surface area contributed by atoms with Crippen molar-refractivity contribution >= 4 is 33.9 Å². The van der Waals surface area contributed by atoms with Gasteiger partial charge in [-0.05, 0) is 85.6 Å². The normalized spacial score (nSPS) is 15.8. The van der Waals surface area contributed by atoms with Gasteiger partial charge in [0.05, 0.1) is 11.2 Å². The summed E-state index contributed by atoms with van der Waals surface area (Å²) < 4.78 is 0. The van der Waals surface area contributed by atoms with Gasteiger partial charge in [0.25, 0.3) is 0 Å². The molecule has 0 radical (unpaired) electrons. The van der Waals surface area contributed by atoms with Crippen LogP contribution in [0.1, 0.15) is 37.0 Å². The second kappa shape index (κ2) is 12.0. The number of benzene rings is 2. The summed E-state index contributed by atoms with van der Waals surface area (Å²) >= 11 is 0. The molecule has 1 saturated heterocycles. The average Bonchev–Trinajstić information content (AvgIpc) is 3.21. The van der Waals surface area contributed by atoms with E-state index in [1.807, 2.05) is 36.2 Å². The molecular formula is C34H39N5O2. The second-order valence-electron chi connectivity index (χ2n) is 10.8. The predicted octanol–water partition coefficient (Wildman–Crippen LogP) is 6.22. The minimum atomic E-state index is -0.0541. The Balaban J connectivity index is 1.55. The van der Waals surface area contributed by atoms with E-state index in [0.717, 1.165) is 89.4 Å². The van der Waals surface area contributed by atoms with Crippen LogP contribution in [0.2, 0.25) is 0 Å². The number of amides is 1. The zero-order valence-electron chi connectivity index (χ0n) is 24.4. The summed E-state index contributed by atoms with van der Waals surface area (Å²) in [4.78, 5) is 24.7.